The smallest absolute Gasteiger partial charge is 0.235 e. The fourth-order valence-electron chi connectivity index (χ4n) is 1.71. The lowest BCUT2D eigenvalue weighted by molar-refractivity contribution is -0.141. The predicted octanol–water partition coefficient (Wildman–Crippen LogP) is 0.366. The van der Waals surface area contributed by atoms with Crippen molar-refractivity contribution in [3.8, 4) is 0 Å². The second-order valence-electron chi connectivity index (χ2n) is 4.39. The van der Waals surface area contributed by atoms with E-state index in [1.54, 1.807) is 0 Å². The third-order valence-electron chi connectivity index (χ3n) is 3.18. The van der Waals surface area contributed by atoms with Gasteiger partial charge in [-0.3, -0.25) is 14.5 Å². The van der Waals surface area contributed by atoms with Crippen LogP contribution in [0.15, 0.2) is 0 Å². The maximum atomic E-state index is 11.9. The Labute approximate surface area is 84.4 Å². The Morgan fingerprint density at radius 2 is 2.07 bits per heavy atom. The Kier molecular flexibility index (Phi) is 2.95. The van der Waals surface area contributed by atoms with Crippen molar-refractivity contribution in [2.24, 2.45) is 17.1 Å². The van der Waals surface area contributed by atoms with E-state index in [1.807, 2.05) is 20.8 Å². The van der Waals surface area contributed by atoms with Gasteiger partial charge in [-0.05, 0) is 12.8 Å². The molecule has 14 heavy (non-hydrogen) atoms. The van der Waals surface area contributed by atoms with Gasteiger partial charge in [0.05, 0.1) is 5.41 Å². The van der Waals surface area contributed by atoms with Gasteiger partial charge in [-0.25, -0.2) is 0 Å². The zero-order valence-corrected chi connectivity index (χ0v) is 9.04. The molecule has 0 aliphatic carbocycles. The largest absolute Gasteiger partial charge is 0.329 e. The van der Waals surface area contributed by atoms with E-state index in [9.17, 15) is 9.59 Å². The van der Waals surface area contributed by atoms with Crippen LogP contribution >= 0.6 is 0 Å². The maximum Gasteiger partial charge on any atom is 0.235 e. The molecule has 0 radical (unpaired) electrons. The first-order valence-electron chi connectivity index (χ1n) is 4.98. The molecule has 4 heteroatoms. The number of amides is 2. The Balaban J connectivity index is 2.89. The average molecular weight is 198 g/mol. The molecule has 1 saturated heterocycles. The number of carbonyl (C=O) groups is 2. The summed E-state index contributed by atoms with van der Waals surface area (Å²) in [6, 6.07) is 0. The summed E-state index contributed by atoms with van der Waals surface area (Å²) in [6.07, 6.45) is 0.323. The number of hydrogen-bond acceptors (Lipinski definition) is 3. The summed E-state index contributed by atoms with van der Waals surface area (Å²) in [6.45, 7) is 6.48. The first-order valence-corrected chi connectivity index (χ1v) is 4.98. The maximum absolute atomic E-state index is 11.9. The van der Waals surface area contributed by atoms with Gasteiger partial charge in [0, 0.05) is 19.5 Å². The van der Waals surface area contributed by atoms with Crippen molar-refractivity contribution in [3.05, 3.63) is 0 Å². The third-order valence-corrected chi connectivity index (χ3v) is 3.18. The highest BCUT2D eigenvalue weighted by Gasteiger charge is 2.49. The van der Waals surface area contributed by atoms with Crippen molar-refractivity contribution in [2.75, 3.05) is 13.1 Å². The van der Waals surface area contributed by atoms with Crippen LogP contribution in [-0.4, -0.2) is 29.8 Å². The van der Waals surface area contributed by atoms with Crippen molar-refractivity contribution in [2.45, 2.75) is 27.2 Å². The van der Waals surface area contributed by atoms with E-state index < -0.39 is 5.41 Å². The van der Waals surface area contributed by atoms with E-state index in [0.29, 0.717) is 19.5 Å². The van der Waals surface area contributed by atoms with E-state index >= 15 is 0 Å². The fraction of sp³-hybridized carbons (Fsp3) is 0.800. The predicted molar refractivity (Wildman–Crippen MR) is 53.3 cm³/mol. The van der Waals surface area contributed by atoms with Crippen LogP contribution in [0.3, 0.4) is 0 Å². The number of nitrogens with zero attached hydrogens (tertiary/aromatic N) is 1. The minimum atomic E-state index is -0.522. The zero-order valence-electron chi connectivity index (χ0n) is 9.04. The number of nitrogens with two attached hydrogens (primary N) is 1. The van der Waals surface area contributed by atoms with E-state index in [0.717, 1.165) is 0 Å². The molecule has 1 rings (SSSR count). The van der Waals surface area contributed by atoms with Gasteiger partial charge in [0.15, 0.2) is 0 Å². The molecule has 0 bridgehead atoms. The minimum absolute atomic E-state index is 0.0667. The molecule has 1 aliphatic rings. The summed E-state index contributed by atoms with van der Waals surface area (Å²) in [5.41, 5.74) is 4.83. The Morgan fingerprint density at radius 3 is 2.43 bits per heavy atom. The van der Waals surface area contributed by atoms with E-state index in [2.05, 4.69) is 0 Å². The molecule has 0 saturated carbocycles. The van der Waals surface area contributed by atoms with E-state index in [4.69, 9.17) is 5.73 Å². The lowest BCUT2D eigenvalue weighted by Gasteiger charge is -2.25. The van der Waals surface area contributed by atoms with Crippen LogP contribution in [0.25, 0.3) is 0 Å². The molecule has 2 amide bonds. The molecule has 2 N–H and O–H groups in total. The number of likely N-dealkylation sites (tertiary alicyclic amines) is 1. The van der Waals surface area contributed by atoms with Gasteiger partial charge in [-0.15, -0.1) is 0 Å². The van der Waals surface area contributed by atoms with Gasteiger partial charge in [0.25, 0.3) is 0 Å². The molecular formula is C10H18N2O2. The van der Waals surface area contributed by atoms with Gasteiger partial charge in [0.2, 0.25) is 11.8 Å². The molecule has 80 valence electrons. The molecule has 0 aromatic carbocycles. The molecule has 1 aliphatic heterocycles. The van der Waals surface area contributed by atoms with Gasteiger partial charge >= 0.3 is 0 Å². The molecule has 4 nitrogen and oxygen atoms in total. The van der Waals surface area contributed by atoms with Crippen LogP contribution in [0.2, 0.25) is 0 Å². The molecule has 0 aromatic rings. The minimum Gasteiger partial charge on any atom is -0.329 e. The number of imide groups is 1. The quantitative estimate of drug-likeness (QED) is 0.666. The van der Waals surface area contributed by atoms with E-state index in [-0.39, 0.29) is 17.7 Å². The zero-order chi connectivity index (χ0) is 10.9. The van der Waals surface area contributed by atoms with Crippen molar-refractivity contribution in [3.63, 3.8) is 0 Å². The summed E-state index contributed by atoms with van der Waals surface area (Å²) in [7, 11) is 0. The monoisotopic (exact) mass is 198 g/mol. The van der Waals surface area contributed by atoms with Crippen molar-refractivity contribution < 1.29 is 9.59 Å². The molecule has 1 fully saturated rings. The van der Waals surface area contributed by atoms with Crippen LogP contribution < -0.4 is 5.73 Å². The summed E-state index contributed by atoms with van der Waals surface area (Å²) >= 11 is 0. The lowest BCUT2D eigenvalue weighted by Crippen LogP contribution is -2.39. The number of rotatable bonds is 3. The standard InChI is InChI=1S/C10H18N2O2/c1-7(2)10(3)6-8(13)12(5-4-11)9(10)14/h7H,4-6,11H2,1-3H3. The number of carbonyl (C=O) groups excluding carboxylic acids is 2. The first-order chi connectivity index (χ1) is 6.43. The van der Waals surface area contributed by atoms with Gasteiger partial charge in [-0.1, -0.05) is 13.8 Å². The second-order valence-corrected chi connectivity index (χ2v) is 4.39. The first kappa shape index (κ1) is 11.2. The molecule has 1 heterocycles. The topological polar surface area (TPSA) is 63.4 Å². The highest BCUT2D eigenvalue weighted by Crippen LogP contribution is 2.38. The Bertz CT molecular complexity index is 263. The summed E-state index contributed by atoms with van der Waals surface area (Å²) in [5.74, 6) is 0.0290. The van der Waals surface area contributed by atoms with E-state index in [1.165, 1.54) is 4.90 Å². The van der Waals surface area contributed by atoms with Crippen molar-refractivity contribution in [1.82, 2.24) is 4.90 Å². The second kappa shape index (κ2) is 3.69. The average Bonchev–Trinajstić information content (AvgIpc) is 2.31. The molecular weight excluding hydrogens is 180 g/mol. The highest BCUT2D eigenvalue weighted by atomic mass is 16.2. The summed E-state index contributed by atoms with van der Waals surface area (Å²) in [4.78, 5) is 24.8. The van der Waals surface area contributed by atoms with Gasteiger partial charge in [0.1, 0.15) is 0 Å². The molecule has 1 atom stereocenters. The summed E-state index contributed by atoms with van der Waals surface area (Å²) in [5, 5.41) is 0. The molecule has 0 aromatic heterocycles. The van der Waals surface area contributed by atoms with Crippen molar-refractivity contribution >= 4 is 11.8 Å². The molecule has 0 spiro atoms. The van der Waals surface area contributed by atoms with Crippen LogP contribution in [-0.2, 0) is 9.59 Å². The van der Waals surface area contributed by atoms with Gasteiger partial charge in [-0.2, -0.15) is 0 Å². The van der Waals surface area contributed by atoms with Gasteiger partial charge < -0.3 is 5.73 Å². The van der Waals surface area contributed by atoms with Crippen LogP contribution in [0.1, 0.15) is 27.2 Å². The summed E-state index contributed by atoms with van der Waals surface area (Å²) < 4.78 is 0. The van der Waals surface area contributed by atoms with Crippen molar-refractivity contribution in [1.29, 1.82) is 0 Å². The lowest BCUT2D eigenvalue weighted by atomic mass is 9.78. The van der Waals surface area contributed by atoms with Crippen LogP contribution in [0.4, 0.5) is 0 Å². The third kappa shape index (κ3) is 1.54. The fourth-order valence-corrected chi connectivity index (χ4v) is 1.71. The molecule has 1 unspecified atom stereocenters. The normalized spacial score (nSPS) is 27.9. The van der Waals surface area contributed by atoms with Crippen LogP contribution in [0.5, 0.6) is 0 Å². The highest BCUT2D eigenvalue weighted by molar-refractivity contribution is 6.05. The Morgan fingerprint density at radius 1 is 1.50 bits per heavy atom. The Hall–Kier alpha value is -0.900. The SMILES string of the molecule is CC(C)C1(C)CC(=O)N(CCN)C1=O. The van der Waals surface area contributed by atoms with Crippen LogP contribution in [0, 0.1) is 11.3 Å². The number of hydrogen-bond donors (Lipinski definition) is 1.